The zero-order valence-electron chi connectivity index (χ0n) is 19.6. The van der Waals surface area contributed by atoms with Crippen LogP contribution in [0.15, 0.2) is 24.4 Å². The lowest BCUT2D eigenvalue weighted by Crippen LogP contribution is -2.42. The molecule has 0 radical (unpaired) electrons. The fraction of sp³-hybridized carbons (Fsp3) is 0.840. The van der Waals surface area contributed by atoms with Crippen molar-refractivity contribution in [2.24, 2.45) is 11.3 Å². The molecule has 2 heteroatoms. The molecule has 0 bridgehead atoms. The minimum absolute atomic E-state index is 0.242. The zero-order chi connectivity index (χ0) is 20.7. The Kier molecular flexibility index (Phi) is 14.8. The molecule has 1 aliphatic carbocycles. The van der Waals surface area contributed by atoms with Crippen molar-refractivity contribution >= 4 is 0 Å². The lowest BCUT2D eigenvalue weighted by molar-refractivity contribution is 0.254. The van der Waals surface area contributed by atoms with Crippen LogP contribution in [-0.4, -0.2) is 19.1 Å². The Hall–Kier alpha value is -0.760. The summed E-state index contributed by atoms with van der Waals surface area (Å²) in [5, 5.41) is 7.20. The van der Waals surface area contributed by atoms with Crippen LogP contribution in [0.2, 0.25) is 0 Å². The van der Waals surface area contributed by atoms with Crippen LogP contribution in [0.1, 0.15) is 106 Å². The molecule has 2 N–H and O–H groups in total. The Morgan fingerprint density at radius 1 is 1.04 bits per heavy atom. The van der Waals surface area contributed by atoms with E-state index in [1.165, 1.54) is 75.5 Å². The molecule has 2 aliphatic rings. The molecule has 1 heterocycles. The van der Waals surface area contributed by atoms with Crippen molar-refractivity contribution in [3.8, 4) is 0 Å². The van der Waals surface area contributed by atoms with Gasteiger partial charge in [-0.25, -0.2) is 0 Å². The highest BCUT2D eigenvalue weighted by Crippen LogP contribution is 2.35. The van der Waals surface area contributed by atoms with Gasteiger partial charge in [0.2, 0.25) is 0 Å². The van der Waals surface area contributed by atoms with Gasteiger partial charge < -0.3 is 10.6 Å². The zero-order valence-corrected chi connectivity index (χ0v) is 19.6. The Labute approximate surface area is 171 Å². The van der Waals surface area contributed by atoms with Crippen LogP contribution < -0.4 is 10.6 Å². The van der Waals surface area contributed by atoms with Gasteiger partial charge in [0.1, 0.15) is 0 Å². The van der Waals surface area contributed by atoms with Gasteiger partial charge in [0.05, 0.1) is 0 Å². The molecule has 0 amide bonds. The van der Waals surface area contributed by atoms with Crippen molar-refractivity contribution in [2.45, 2.75) is 112 Å². The summed E-state index contributed by atoms with van der Waals surface area (Å²) in [6.45, 7) is 23.7. The van der Waals surface area contributed by atoms with Gasteiger partial charge >= 0.3 is 0 Å². The first-order chi connectivity index (χ1) is 12.9. The Morgan fingerprint density at radius 3 is 2.00 bits per heavy atom. The van der Waals surface area contributed by atoms with Crippen LogP contribution >= 0.6 is 0 Å². The first-order valence-electron chi connectivity index (χ1n) is 11.7. The highest BCUT2D eigenvalue weighted by molar-refractivity contribution is 5.14. The number of rotatable bonds is 7. The van der Waals surface area contributed by atoms with Gasteiger partial charge in [0.25, 0.3) is 0 Å². The summed E-state index contributed by atoms with van der Waals surface area (Å²) in [5.41, 5.74) is 2.73. The lowest BCUT2D eigenvalue weighted by atomic mass is 9.77. The predicted octanol–water partition coefficient (Wildman–Crippen LogP) is 7.23. The molecular formula is C25H50N2. The normalized spacial score (nSPS) is 20.2. The third kappa shape index (κ3) is 10.4. The van der Waals surface area contributed by atoms with Crippen LogP contribution in [0.25, 0.3) is 0 Å². The van der Waals surface area contributed by atoms with Crippen LogP contribution in [-0.2, 0) is 0 Å². The minimum atomic E-state index is 0.242. The summed E-state index contributed by atoms with van der Waals surface area (Å²) in [6.07, 6.45) is 13.3. The van der Waals surface area contributed by atoms with Crippen LogP contribution in [0, 0.1) is 11.3 Å². The quantitative estimate of drug-likeness (QED) is 0.457. The predicted molar refractivity (Wildman–Crippen MR) is 124 cm³/mol. The van der Waals surface area contributed by atoms with Crippen molar-refractivity contribution < 1.29 is 0 Å². The molecule has 1 atom stereocenters. The summed E-state index contributed by atoms with van der Waals surface area (Å²) in [6, 6.07) is 0.410. The maximum Gasteiger partial charge on any atom is 0.0468 e. The summed E-state index contributed by atoms with van der Waals surface area (Å²) in [4.78, 5) is 0. The fourth-order valence-corrected chi connectivity index (χ4v) is 3.80. The molecule has 1 aliphatic heterocycles. The van der Waals surface area contributed by atoms with E-state index in [0.717, 1.165) is 19.0 Å². The van der Waals surface area contributed by atoms with Gasteiger partial charge in [0, 0.05) is 17.2 Å². The molecule has 160 valence electrons. The molecule has 27 heavy (non-hydrogen) atoms. The molecule has 1 unspecified atom stereocenters. The molecular weight excluding hydrogens is 328 g/mol. The average molecular weight is 379 g/mol. The van der Waals surface area contributed by atoms with E-state index in [1.807, 2.05) is 13.8 Å². The first-order valence-corrected chi connectivity index (χ1v) is 11.7. The maximum atomic E-state index is 4.39. The molecule has 0 aromatic rings. The Morgan fingerprint density at radius 2 is 1.56 bits per heavy atom. The Balaban J connectivity index is 0.000000998. The lowest BCUT2D eigenvalue weighted by Gasteiger charge is -2.39. The smallest absolute Gasteiger partial charge is 0.0468 e. The van der Waals surface area contributed by atoms with Gasteiger partial charge in [-0.2, -0.15) is 0 Å². The molecule has 1 saturated heterocycles. The molecule has 1 saturated carbocycles. The monoisotopic (exact) mass is 378 g/mol. The molecule has 2 fully saturated rings. The van der Waals surface area contributed by atoms with Crippen LogP contribution in [0.3, 0.4) is 0 Å². The minimum Gasteiger partial charge on any atom is -0.382 e. The van der Waals surface area contributed by atoms with Crippen molar-refractivity contribution in [3.63, 3.8) is 0 Å². The first kappa shape index (κ1) is 26.2. The number of nitrogens with one attached hydrogen (secondary N) is 2. The number of unbranched alkanes of at least 4 members (excludes halogenated alkanes) is 1. The van der Waals surface area contributed by atoms with E-state index in [4.69, 9.17) is 0 Å². The van der Waals surface area contributed by atoms with E-state index in [1.54, 1.807) is 0 Å². The third-order valence-corrected chi connectivity index (χ3v) is 6.17. The number of hydrogen-bond acceptors (Lipinski definition) is 2. The van der Waals surface area contributed by atoms with Crippen LogP contribution in [0.5, 0.6) is 0 Å². The standard InChI is InChI=1S/C19H34N2.C4H10.C2H6/c1-15(2)18(14-17-8-6-5-7-9-17)21-16(3)19(4)10-12-20-13-11-19;1-3-4-2;1-2/h17-18,20-21H,1,3,5-14H2,2,4H3;3-4H2,1-2H3;1-2H3. The molecule has 2 nitrogen and oxygen atoms in total. The van der Waals surface area contributed by atoms with E-state index in [-0.39, 0.29) is 5.41 Å². The molecule has 0 aromatic heterocycles. The van der Waals surface area contributed by atoms with Crippen molar-refractivity contribution in [2.75, 3.05) is 13.1 Å². The van der Waals surface area contributed by atoms with Gasteiger partial charge in [-0.3, -0.25) is 0 Å². The average Bonchev–Trinajstić information content (AvgIpc) is 2.70. The van der Waals surface area contributed by atoms with E-state index in [0.29, 0.717) is 6.04 Å². The second-order valence-electron chi connectivity index (χ2n) is 8.57. The fourth-order valence-electron chi connectivity index (χ4n) is 3.80. The summed E-state index contributed by atoms with van der Waals surface area (Å²) in [7, 11) is 0. The summed E-state index contributed by atoms with van der Waals surface area (Å²) in [5.74, 6) is 0.876. The van der Waals surface area contributed by atoms with Crippen molar-refractivity contribution in [1.82, 2.24) is 10.6 Å². The third-order valence-electron chi connectivity index (χ3n) is 6.17. The number of piperidine rings is 1. The SMILES string of the molecule is C=C(C)C(CC1CCCCC1)NC(=C)C1(C)CCNCC1.CC.CCCC. The van der Waals surface area contributed by atoms with E-state index in [9.17, 15) is 0 Å². The van der Waals surface area contributed by atoms with E-state index < -0.39 is 0 Å². The topological polar surface area (TPSA) is 24.1 Å². The number of allylic oxidation sites excluding steroid dienone is 1. The molecule has 0 spiro atoms. The highest BCUT2D eigenvalue weighted by Gasteiger charge is 2.31. The largest absolute Gasteiger partial charge is 0.382 e. The van der Waals surface area contributed by atoms with E-state index >= 15 is 0 Å². The van der Waals surface area contributed by atoms with Crippen molar-refractivity contribution in [1.29, 1.82) is 0 Å². The van der Waals surface area contributed by atoms with Crippen LogP contribution in [0.4, 0.5) is 0 Å². The summed E-state index contributed by atoms with van der Waals surface area (Å²) >= 11 is 0. The van der Waals surface area contributed by atoms with Crippen molar-refractivity contribution in [3.05, 3.63) is 24.4 Å². The molecule has 2 rings (SSSR count). The van der Waals surface area contributed by atoms with Gasteiger partial charge in [-0.15, -0.1) is 0 Å². The number of hydrogen-bond donors (Lipinski definition) is 2. The Bertz CT molecular complexity index is 385. The van der Waals surface area contributed by atoms with Gasteiger partial charge in [-0.05, 0) is 45.2 Å². The highest BCUT2D eigenvalue weighted by atomic mass is 15.0. The molecule has 0 aromatic carbocycles. The second kappa shape index (κ2) is 15.2. The van der Waals surface area contributed by atoms with E-state index in [2.05, 4.69) is 51.5 Å². The maximum absolute atomic E-state index is 4.39. The second-order valence-corrected chi connectivity index (χ2v) is 8.57. The van der Waals surface area contributed by atoms with Gasteiger partial charge in [-0.1, -0.05) is 98.3 Å². The van der Waals surface area contributed by atoms with Gasteiger partial charge in [0.15, 0.2) is 0 Å². The summed E-state index contributed by atoms with van der Waals surface area (Å²) < 4.78 is 0.